The maximum absolute atomic E-state index is 12.6. The smallest absolute Gasteiger partial charge is 0.341 e. The maximum Gasteiger partial charge on any atom is 0.341 e. The molecule has 1 amide bonds. The molecule has 0 aliphatic rings. The number of amides is 1. The van der Waals surface area contributed by atoms with E-state index in [-0.39, 0.29) is 34.6 Å². The van der Waals surface area contributed by atoms with Crippen LogP contribution in [0.15, 0.2) is 23.4 Å². The minimum absolute atomic E-state index is 0.00660. The number of Topliss-reactive ketones (excluding diaryl/α,β-unsaturated/α-hetero) is 1. The number of thioether (sulfide) groups is 1. The molecule has 0 fully saturated rings. The number of thiophene rings is 1. The number of esters is 1. The number of carbonyl (C=O) groups excluding carboxylic acids is 3. The number of hydrogen-bond acceptors (Lipinski definition) is 10. The molecule has 0 bridgehead atoms. The van der Waals surface area contributed by atoms with E-state index in [4.69, 9.17) is 14.2 Å². The summed E-state index contributed by atoms with van der Waals surface area (Å²) in [6, 6.07) is 5.31. The second kappa shape index (κ2) is 11.2. The van der Waals surface area contributed by atoms with E-state index in [1.807, 2.05) is 0 Å². The van der Waals surface area contributed by atoms with E-state index in [1.165, 1.54) is 6.92 Å². The van der Waals surface area contributed by atoms with Crippen molar-refractivity contribution in [1.82, 2.24) is 15.2 Å². The molecule has 0 aliphatic carbocycles. The van der Waals surface area contributed by atoms with Gasteiger partial charge in [0.25, 0.3) is 0 Å². The number of nitrogens with one attached hydrogen (secondary N) is 2. The molecule has 34 heavy (non-hydrogen) atoms. The molecule has 2 aromatic heterocycles. The lowest BCUT2D eigenvalue weighted by Crippen LogP contribution is -2.16. The molecule has 0 saturated carbocycles. The summed E-state index contributed by atoms with van der Waals surface area (Å²) in [7, 11) is 3.11. The Morgan fingerprint density at radius 1 is 1.15 bits per heavy atom. The highest BCUT2D eigenvalue weighted by Gasteiger charge is 2.25. The molecule has 10 nitrogen and oxygen atoms in total. The minimum Gasteiger partial charge on any atom is -0.497 e. The first-order valence-electron chi connectivity index (χ1n) is 10.2. The van der Waals surface area contributed by atoms with E-state index >= 15 is 0 Å². The second-order valence-electron chi connectivity index (χ2n) is 6.94. The van der Waals surface area contributed by atoms with Gasteiger partial charge in [0, 0.05) is 11.6 Å². The third-order valence-electron chi connectivity index (χ3n) is 4.62. The van der Waals surface area contributed by atoms with Crippen LogP contribution in [0.4, 0.5) is 5.00 Å². The van der Waals surface area contributed by atoms with Crippen molar-refractivity contribution in [2.24, 2.45) is 0 Å². The average molecular weight is 505 g/mol. The predicted molar refractivity (Wildman–Crippen MR) is 129 cm³/mol. The van der Waals surface area contributed by atoms with Crippen LogP contribution in [0.2, 0.25) is 0 Å². The van der Waals surface area contributed by atoms with Crippen LogP contribution in [0, 0.1) is 6.92 Å². The van der Waals surface area contributed by atoms with Gasteiger partial charge in [-0.25, -0.2) is 9.78 Å². The Kier molecular flexibility index (Phi) is 8.29. The number of nitrogens with zero attached hydrogens (tertiary/aromatic N) is 2. The third-order valence-corrected chi connectivity index (χ3v) is 6.78. The Labute approximate surface area is 204 Å². The van der Waals surface area contributed by atoms with Crippen molar-refractivity contribution in [1.29, 1.82) is 0 Å². The van der Waals surface area contributed by atoms with Crippen LogP contribution in [0.25, 0.3) is 11.4 Å². The molecule has 3 rings (SSSR count). The van der Waals surface area contributed by atoms with Gasteiger partial charge in [0.05, 0.1) is 37.0 Å². The van der Waals surface area contributed by atoms with Crippen LogP contribution in [0.5, 0.6) is 11.5 Å². The maximum atomic E-state index is 12.6. The lowest BCUT2D eigenvalue weighted by molar-refractivity contribution is -0.113. The van der Waals surface area contributed by atoms with Crippen molar-refractivity contribution in [2.45, 2.75) is 25.9 Å². The molecule has 1 aromatic carbocycles. The van der Waals surface area contributed by atoms with E-state index in [9.17, 15) is 14.4 Å². The van der Waals surface area contributed by atoms with E-state index in [2.05, 4.69) is 20.5 Å². The van der Waals surface area contributed by atoms with Gasteiger partial charge in [0.15, 0.2) is 11.6 Å². The summed E-state index contributed by atoms with van der Waals surface area (Å²) in [6.07, 6.45) is 0. The van der Waals surface area contributed by atoms with Crippen molar-refractivity contribution >= 4 is 45.8 Å². The summed E-state index contributed by atoms with van der Waals surface area (Å²) < 4.78 is 15.6. The van der Waals surface area contributed by atoms with Crippen LogP contribution in [-0.2, 0) is 9.53 Å². The number of benzene rings is 1. The molecule has 2 heterocycles. The Hall–Kier alpha value is -3.38. The lowest BCUT2D eigenvalue weighted by Gasteiger charge is -2.06. The van der Waals surface area contributed by atoms with Gasteiger partial charge in [-0.3, -0.25) is 14.7 Å². The molecule has 12 heteroatoms. The first kappa shape index (κ1) is 25.2. The zero-order valence-electron chi connectivity index (χ0n) is 19.3. The summed E-state index contributed by atoms with van der Waals surface area (Å²) in [6.45, 7) is 4.94. The summed E-state index contributed by atoms with van der Waals surface area (Å²) in [4.78, 5) is 41.7. The summed E-state index contributed by atoms with van der Waals surface area (Å²) in [5.74, 6) is 0.545. The highest BCUT2D eigenvalue weighted by molar-refractivity contribution is 7.99. The van der Waals surface area contributed by atoms with E-state index in [0.717, 1.165) is 23.1 Å². The van der Waals surface area contributed by atoms with Crippen LogP contribution in [-0.4, -0.2) is 59.4 Å². The SMILES string of the molecule is CCOC(=O)c1c(NC(=O)CSc2n[nH]c(-c3cc(OC)cc(OC)c3)n2)sc(C(C)=O)c1C. The highest BCUT2D eigenvalue weighted by atomic mass is 32.2. The quantitative estimate of drug-likeness (QED) is 0.239. The van der Waals surface area contributed by atoms with Gasteiger partial charge >= 0.3 is 5.97 Å². The molecular formula is C22H24N4O6S2. The van der Waals surface area contributed by atoms with Crippen molar-refractivity contribution in [3.05, 3.63) is 34.2 Å². The number of H-pyrrole nitrogens is 1. The number of anilines is 1. The largest absolute Gasteiger partial charge is 0.497 e. The van der Waals surface area contributed by atoms with Crippen molar-refractivity contribution in [2.75, 3.05) is 31.9 Å². The highest BCUT2D eigenvalue weighted by Crippen LogP contribution is 2.34. The molecule has 0 atom stereocenters. The van der Waals surface area contributed by atoms with E-state index < -0.39 is 5.97 Å². The number of rotatable bonds is 10. The number of carbonyl (C=O) groups is 3. The first-order chi connectivity index (χ1) is 16.3. The number of ketones is 1. The van der Waals surface area contributed by atoms with Crippen LogP contribution >= 0.6 is 23.1 Å². The molecule has 0 spiro atoms. The van der Waals surface area contributed by atoms with E-state index in [0.29, 0.717) is 38.5 Å². The normalized spacial score (nSPS) is 10.6. The fourth-order valence-corrected chi connectivity index (χ4v) is 4.77. The van der Waals surface area contributed by atoms with Crippen LogP contribution in [0.1, 0.15) is 39.4 Å². The van der Waals surface area contributed by atoms with Gasteiger partial charge in [-0.2, -0.15) is 0 Å². The minimum atomic E-state index is -0.584. The number of aromatic amines is 1. The number of aromatic nitrogens is 3. The second-order valence-corrected chi connectivity index (χ2v) is 8.90. The van der Waals surface area contributed by atoms with Gasteiger partial charge in [-0.05, 0) is 38.5 Å². The van der Waals surface area contributed by atoms with E-state index in [1.54, 1.807) is 46.3 Å². The molecule has 0 aliphatic heterocycles. The van der Waals surface area contributed by atoms with Gasteiger partial charge in [-0.1, -0.05) is 11.8 Å². The van der Waals surface area contributed by atoms with Crippen molar-refractivity contribution in [3.63, 3.8) is 0 Å². The number of hydrogen-bond donors (Lipinski definition) is 2. The Bertz CT molecular complexity index is 1200. The number of ether oxygens (including phenoxy) is 3. The van der Waals surface area contributed by atoms with Crippen molar-refractivity contribution in [3.8, 4) is 22.9 Å². The Balaban J connectivity index is 1.71. The molecule has 2 N–H and O–H groups in total. The molecule has 0 saturated heterocycles. The molecule has 0 unspecified atom stereocenters. The topological polar surface area (TPSA) is 132 Å². The lowest BCUT2D eigenvalue weighted by atomic mass is 10.1. The summed E-state index contributed by atoms with van der Waals surface area (Å²) in [5.41, 5.74) is 1.40. The summed E-state index contributed by atoms with van der Waals surface area (Å²) >= 11 is 2.17. The average Bonchev–Trinajstić information content (AvgIpc) is 3.42. The zero-order valence-corrected chi connectivity index (χ0v) is 20.9. The van der Waals surface area contributed by atoms with Gasteiger partial charge in [0.1, 0.15) is 16.5 Å². The van der Waals surface area contributed by atoms with Crippen LogP contribution < -0.4 is 14.8 Å². The molecule has 0 radical (unpaired) electrons. The fraction of sp³-hybridized carbons (Fsp3) is 0.318. The first-order valence-corrected chi connectivity index (χ1v) is 12.0. The Morgan fingerprint density at radius 2 is 1.82 bits per heavy atom. The summed E-state index contributed by atoms with van der Waals surface area (Å²) in [5, 5.41) is 10.3. The Morgan fingerprint density at radius 3 is 2.41 bits per heavy atom. The molecule has 3 aromatic rings. The zero-order chi connectivity index (χ0) is 24.8. The number of methoxy groups -OCH3 is 2. The standard InChI is InChI=1S/C22H24N4O6S2/c1-6-32-21(29)17-11(2)18(12(3)27)34-20(17)23-16(28)10-33-22-24-19(25-26-22)13-7-14(30-4)9-15(8-13)31-5/h7-9H,6,10H2,1-5H3,(H,23,28)(H,24,25,26). The van der Waals surface area contributed by atoms with Gasteiger partial charge < -0.3 is 19.5 Å². The molecular weight excluding hydrogens is 480 g/mol. The van der Waals surface area contributed by atoms with Crippen LogP contribution in [0.3, 0.4) is 0 Å². The van der Waals surface area contributed by atoms with Gasteiger partial charge in [-0.15, -0.1) is 16.4 Å². The van der Waals surface area contributed by atoms with Crippen molar-refractivity contribution < 1.29 is 28.6 Å². The fourth-order valence-electron chi connectivity index (χ4n) is 3.06. The monoisotopic (exact) mass is 504 g/mol. The molecule has 180 valence electrons. The van der Waals surface area contributed by atoms with Gasteiger partial charge in [0.2, 0.25) is 11.1 Å². The third kappa shape index (κ3) is 5.75. The predicted octanol–water partition coefficient (Wildman–Crippen LogP) is 3.97.